The van der Waals surface area contributed by atoms with E-state index in [0.29, 0.717) is 18.8 Å². The van der Waals surface area contributed by atoms with Gasteiger partial charge in [0.15, 0.2) is 0 Å². The number of aromatic nitrogens is 1. The molecule has 0 radical (unpaired) electrons. The number of fused-ring (bicyclic) bond motifs is 1. The molecule has 0 bridgehead atoms. The summed E-state index contributed by atoms with van der Waals surface area (Å²) in [5.74, 6) is 0.0543. The van der Waals surface area contributed by atoms with E-state index in [2.05, 4.69) is 4.98 Å². The van der Waals surface area contributed by atoms with Gasteiger partial charge in [0.2, 0.25) is 0 Å². The zero-order valence-electron chi connectivity index (χ0n) is 12.3. The van der Waals surface area contributed by atoms with Gasteiger partial charge in [-0.15, -0.1) is 11.3 Å². The summed E-state index contributed by atoms with van der Waals surface area (Å²) >= 11 is 1.53. The maximum Gasteiger partial charge on any atom is 0.273 e. The van der Waals surface area contributed by atoms with Crippen LogP contribution in [0.15, 0.2) is 35.7 Å². The van der Waals surface area contributed by atoms with Gasteiger partial charge in [0.25, 0.3) is 5.91 Å². The molecule has 5 heteroatoms. The van der Waals surface area contributed by atoms with Crippen LogP contribution in [-0.2, 0) is 4.74 Å². The number of thiazole rings is 1. The fraction of sp³-hybridized carbons (Fsp3) is 0.412. The molecule has 2 aliphatic rings. The van der Waals surface area contributed by atoms with Gasteiger partial charge < -0.3 is 9.64 Å². The minimum Gasteiger partial charge on any atom is -0.374 e. The first-order chi connectivity index (χ1) is 10.8. The fourth-order valence-electron chi connectivity index (χ4n) is 3.41. The number of hydrogen-bond donors (Lipinski definition) is 0. The van der Waals surface area contributed by atoms with Gasteiger partial charge in [-0.05, 0) is 19.3 Å². The Morgan fingerprint density at radius 2 is 2.14 bits per heavy atom. The molecule has 0 N–H and O–H groups in total. The minimum atomic E-state index is 0.0543. The van der Waals surface area contributed by atoms with E-state index in [1.807, 2.05) is 40.6 Å². The maximum absolute atomic E-state index is 12.8. The van der Waals surface area contributed by atoms with Crippen molar-refractivity contribution in [3.63, 3.8) is 0 Å². The molecule has 114 valence electrons. The van der Waals surface area contributed by atoms with Crippen LogP contribution >= 0.6 is 11.3 Å². The molecule has 2 aromatic rings. The Hall–Kier alpha value is -1.72. The molecule has 1 aliphatic heterocycles. The van der Waals surface area contributed by atoms with Crippen LogP contribution in [0.5, 0.6) is 0 Å². The number of nitrogens with zero attached hydrogens (tertiary/aromatic N) is 2. The monoisotopic (exact) mass is 314 g/mol. The third-order valence-corrected chi connectivity index (χ3v) is 5.38. The fourth-order valence-corrected chi connectivity index (χ4v) is 4.21. The van der Waals surface area contributed by atoms with Crippen LogP contribution in [-0.4, -0.2) is 41.1 Å². The number of benzene rings is 1. The number of ether oxygens (including phenoxy) is 1. The molecular weight excluding hydrogens is 296 g/mol. The molecule has 1 saturated heterocycles. The molecule has 0 spiro atoms. The van der Waals surface area contributed by atoms with Crippen LogP contribution in [0.2, 0.25) is 0 Å². The summed E-state index contributed by atoms with van der Waals surface area (Å²) in [4.78, 5) is 19.3. The van der Waals surface area contributed by atoms with E-state index < -0.39 is 0 Å². The van der Waals surface area contributed by atoms with E-state index in [1.54, 1.807) is 0 Å². The number of hydrogen-bond acceptors (Lipinski definition) is 4. The predicted molar refractivity (Wildman–Crippen MR) is 86.0 cm³/mol. The lowest BCUT2D eigenvalue weighted by Crippen LogP contribution is -2.51. The van der Waals surface area contributed by atoms with Gasteiger partial charge in [-0.1, -0.05) is 30.3 Å². The van der Waals surface area contributed by atoms with E-state index in [0.717, 1.165) is 29.8 Å². The van der Waals surface area contributed by atoms with Gasteiger partial charge >= 0.3 is 0 Å². The Kier molecular flexibility index (Phi) is 3.68. The van der Waals surface area contributed by atoms with Gasteiger partial charge in [0.05, 0.1) is 18.8 Å². The first-order valence-electron chi connectivity index (χ1n) is 7.76. The molecular formula is C17H18N2O2S. The average molecular weight is 314 g/mol. The Bertz CT molecular complexity index is 670. The van der Waals surface area contributed by atoms with E-state index in [-0.39, 0.29) is 18.1 Å². The van der Waals surface area contributed by atoms with E-state index in [4.69, 9.17) is 4.74 Å². The zero-order chi connectivity index (χ0) is 14.9. The highest BCUT2D eigenvalue weighted by Gasteiger charge is 2.39. The summed E-state index contributed by atoms with van der Waals surface area (Å²) in [5.41, 5.74) is 1.63. The lowest BCUT2D eigenvalue weighted by Gasteiger charge is -2.37. The van der Waals surface area contributed by atoms with Crippen molar-refractivity contribution in [1.29, 1.82) is 0 Å². The molecule has 4 nitrogen and oxygen atoms in total. The molecule has 1 aromatic carbocycles. The first kappa shape index (κ1) is 13.9. The smallest absolute Gasteiger partial charge is 0.273 e. The summed E-state index contributed by atoms with van der Waals surface area (Å²) in [6.07, 6.45) is 3.49. The van der Waals surface area contributed by atoms with Crippen molar-refractivity contribution >= 4 is 17.2 Å². The van der Waals surface area contributed by atoms with Crippen LogP contribution < -0.4 is 0 Å². The second kappa shape index (κ2) is 5.82. The van der Waals surface area contributed by atoms with Gasteiger partial charge in [-0.2, -0.15) is 0 Å². The highest BCUT2D eigenvalue weighted by atomic mass is 32.1. The van der Waals surface area contributed by atoms with Crippen molar-refractivity contribution in [2.45, 2.75) is 31.4 Å². The van der Waals surface area contributed by atoms with Crippen molar-refractivity contribution in [1.82, 2.24) is 9.88 Å². The Labute approximate surface area is 133 Å². The Morgan fingerprint density at radius 1 is 1.27 bits per heavy atom. The lowest BCUT2D eigenvalue weighted by molar-refractivity contribution is -0.0447. The molecule has 1 amide bonds. The van der Waals surface area contributed by atoms with Crippen LogP contribution in [0.25, 0.3) is 10.6 Å². The Morgan fingerprint density at radius 3 is 3.00 bits per heavy atom. The normalized spacial score (nSPS) is 24.3. The van der Waals surface area contributed by atoms with E-state index >= 15 is 0 Å². The SMILES string of the molecule is O=C(c1csc(-c2ccccc2)n1)N1CCO[C@@H]2CCC[C@H]21. The summed E-state index contributed by atoms with van der Waals surface area (Å²) in [6.45, 7) is 1.32. The second-order valence-electron chi connectivity index (χ2n) is 5.81. The van der Waals surface area contributed by atoms with Crippen LogP contribution in [0.1, 0.15) is 29.8 Å². The first-order valence-corrected chi connectivity index (χ1v) is 8.64. The number of amides is 1. The van der Waals surface area contributed by atoms with Gasteiger partial charge in [0.1, 0.15) is 10.7 Å². The molecule has 22 heavy (non-hydrogen) atoms. The molecule has 2 fully saturated rings. The van der Waals surface area contributed by atoms with Crippen LogP contribution in [0.3, 0.4) is 0 Å². The molecule has 2 atom stereocenters. The van der Waals surface area contributed by atoms with Crippen molar-refractivity contribution in [2.75, 3.05) is 13.2 Å². The van der Waals surface area contributed by atoms with E-state index in [1.165, 1.54) is 11.3 Å². The quantitative estimate of drug-likeness (QED) is 0.855. The number of carbonyl (C=O) groups is 1. The van der Waals surface area contributed by atoms with Gasteiger partial charge in [-0.25, -0.2) is 4.98 Å². The third-order valence-electron chi connectivity index (χ3n) is 4.49. The van der Waals surface area contributed by atoms with Crippen molar-refractivity contribution in [3.05, 3.63) is 41.4 Å². The maximum atomic E-state index is 12.8. The van der Waals surface area contributed by atoms with Gasteiger partial charge in [0, 0.05) is 17.5 Å². The second-order valence-corrected chi connectivity index (χ2v) is 6.67. The summed E-state index contributed by atoms with van der Waals surface area (Å²) < 4.78 is 5.78. The molecule has 2 heterocycles. The van der Waals surface area contributed by atoms with Crippen molar-refractivity contribution in [2.24, 2.45) is 0 Å². The Balaban J connectivity index is 1.57. The van der Waals surface area contributed by atoms with Crippen molar-refractivity contribution < 1.29 is 9.53 Å². The molecule has 4 rings (SSSR count). The number of morpholine rings is 1. The van der Waals surface area contributed by atoms with Gasteiger partial charge in [-0.3, -0.25) is 4.79 Å². The third kappa shape index (κ3) is 2.44. The minimum absolute atomic E-state index is 0.0543. The lowest BCUT2D eigenvalue weighted by atomic mass is 10.1. The van der Waals surface area contributed by atoms with Crippen LogP contribution in [0, 0.1) is 0 Å². The van der Waals surface area contributed by atoms with Crippen molar-refractivity contribution in [3.8, 4) is 10.6 Å². The number of rotatable bonds is 2. The molecule has 1 aliphatic carbocycles. The summed E-state index contributed by atoms with van der Waals surface area (Å²) in [7, 11) is 0. The topological polar surface area (TPSA) is 42.4 Å². The predicted octanol–water partition coefficient (Wildman–Crippen LogP) is 3.20. The summed E-state index contributed by atoms with van der Waals surface area (Å²) in [5, 5.41) is 2.78. The highest BCUT2D eigenvalue weighted by molar-refractivity contribution is 7.13. The molecule has 1 aromatic heterocycles. The zero-order valence-corrected chi connectivity index (χ0v) is 13.1. The average Bonchev–Trinajstić information content (AvgIpc) is 3.24. The molecule has 1 saturated carbocycles. The standard InChI is InChI=1S/C17H18N2O2S/c20-17(19-9-10-21-15-8-4-7-14(15)19)13-11-22-16(18-13)12-5-2-1-3-6-12/h1-3,5-6,11,14-15H,4,7-10H2/t14-,15-/m1/s1. The summed E-state index contributed by atoms with van der Waals surface area (Å²) in [6, 6.07) is 10.2. The van der Waals surface area contributed by atoms with Crippen LogP contribution in [0.4, 0.5) is 0 Å². The highest BCUT2D eigenvalue weighted by Crippen LogP contribution is 2.31. The largest absolute Gasteiger partial charge is 0.374 e. The molecule has 0 unspecified atom stereocenters. The number of carbonyl (C=O) groups excluding carboxylic acids is 1. The van der Waals surface area contributed by atoms with E-state index in [9.17, 15) is 4.79 Å².